The Morgan fingerprint density at radius 2 is 0.931 bits per heavy atom. The molecule has 2 unspecified atom stereocenters. The van der Waals surface area contributed by atoms with Crippen LogP contribution in [0.15, 0.2) is 72.8 Å². The summed E-state index contributed by atoms with van der Waals surface area (Å²) in [6.07, 6.45) is -5.20. The van der Waals surface area contributed by atoms with Gasteiger partial charge in [0.2, 0.25) is 23.3 Å². The molecule has 0 amide bonds. The molecular formula is C51H38F8N4O9. The standard InChI is InChI=1S/C51H38F8N4O9/c1-20-4-2-5-21(14-20)33-28-10-12-30(62-28)34(36-38(52)42(56)50(43(57)39(36)53)71-18-24(67)16-64)29-11-8-26(60-29)32(22-6-3-7-23(66)15-22)27-9-13-31(61-27)35(47-49(70)48(69)46(33)63-47)37-40(54)44(58)51(45(59)41(37)55)72-19-25(68)17-65/h2-15,24-25,48-49,61-62,64-70H,16-19H2,1H3/t24?,25?,48-,49-/m1/s1. The molecule has 4 atom stereocenters. The molecule has 5 heterocycles. The lowest BCUT2D eigenvalue weighted by Gasteiger charge is -2.16. The summed E-state index contributed by atoms with van der Waals surface area (Å²) >= 11 is 0. The Kier molecular flexibility index (Phi) is 13.4. The summed E-state index contributed by atoms with van der Waals surface area (Å²) in [5.41, 5.74) is -5.59. The Morgan fingerprint density at radius 1 is 0.514 bits per heavy atom. The number of H-pyrrole nitrogens is 2. The molecule has 3 aromatic heterocycles. The fraction of sp³-hybridized carbons (Fsp3) is 0.176. The first-order chi connectivity index (χ1) is 34.4. The molecule has 372 valence electrons. The normalized spacial score (nSPS) is 15.3. The molecule has 13 nitrogen and oxygen atoms in total. The van der Waals surface area contributed by atoms with Gasteiger partial charge < -0.3 is 55.2 Å². The number of nitrogens with one attached hydrogen (secondary N) is 2. The van der Waals surface area contributed by atoms with Crippen LogP contribution in [0.3, 0.4) is 0 Å². The number of hydrogen-bond donors (Lipinski definition) is 9. The summed E-state index contributed by atoms with van der Waals surface area (Å²) in [4.78, 5) is 15.0. The third-order valence-corrected chi connectivity index (χ3v) is 11.9. The highest BCUT2D eigenvalue weighted by Gasteiger charge is 2.38. The molecule has 2 aliphatic heterocycles. The molecule has 0 aliphatic carbocycles. The molecule has 9 rings (SSSR count). The Labute approximate surface area is 400 Å². The average Bonchev–Trinajstić information content (AvgIpc) is 4.20. The van der Waals surface area contributed by atoms with E-state index in [1.165, 1.54) is 66.7 Å². The van der Waals surface area contributed by atoms with Crippen molar-refractivity contribution < 1.29 is 80.3 Å². The summed E-state index contributed by atoms with van der Waals surface area (Å²) in [6.45, 7) is -2.11. The van der Waals surface area contributed by atoms with Gasteiger partial charge in [0.1, 0.15) is 43.4 Å². The Hall–Kier alpha value is -7.66. The third kappa shape index (κ3) is 8.58. The highest BCUT2D eigenvalue weighted by molar-refractivity contribution is 5.98. The van der Waals surface area contributed by atoms with Crippen molar-refractivity contribution in [1.29, 1.82) is 0 Å². The molecule has 72 heavy (non-hydrogen) atoms. The number of fused-ring (bicyclic) bond motifs is 8. The molecule has 0 radical (unpaired) electrons. The van der Waals surface area contributed by atoms with Crippen LogP contribution in [0.2, 0.25) is 0 Å². The van der Waals surface area contributed by atoms with Crippen molar-refractivity contribution in [2.45, 2.75) is 31.3 Å². The molecule has 21 heteroatoms. The number of aliphatic hydroxyl groups excluding tert-OH is 6. The Morgan fingerprint density at radius 3 is 1.42 bits per heavy atom. The second kappa shape index (κ2) is 19.5. The van der Waals surface area contributed by atoms with E-state index >= 15 is 35.1 Å². The zero-order valence-electron chi connectivity index (χ0n) is 37.1. The van der Waals surface area contributed by atoms with Crippen molar-refractivity contribution in [3.05, 3.63) is 148 Å². The molecule has 4 aromatic carbocycles. The molecule has 0 fully saturated rings. The van der Waals surface area contributed by atoms with Crippen LogP contribution in [-0.2, 0) is 0 Å². The van der Waals surface area contributed by atoms with E-state index in [9.17, 15) is 35.7 Å². The number of ether oxygens (including phenoxy) is 2. The number of aromatic amines is 2. The van der Waals surface area contributed by atoms with Crippen molar-refractivity contribution in [3.8, 4) is 61.8 Å². The number of aromatic hydroxyl groups is 1. The maximum atomic E-state index is 16.7. The minimum Gasteiger partial charge on any atom is -0.508 e. The minimum atomic E-state index is -2.24. The SMILES string of the molecule is Cc1cccc(-c2c3nc(c(-c4c(F)c(F)c(OCC(O)CO)c(F)c4F)c4ccc([nH]4)c(-c4cccc(O)c4)c4nc(c(-c5c(F)c(F)c(OCC(O)CO)c(F)c5F)c5ccc2[nH]5)C=C4)[C@@H](O)[C@@H]3O)c1. The van der Waals surface area contributed by atoms with Gasteiger partial charge in [-0.1, -0.05) is 42.0 Å². The monoisotopic (exact) mass is 1000 g/mol. The maximum absolute atomic E-state index is 16.7. The molecule has 2 aliphatic rings. The van der Waals surface area contributed by atoms with Crippen LogP contribution >= 0.6 is 0 Å². The van der Waals surface area contributed by atoms with Gasteiger partial charge in [-0.2, -0.15) is 17.6 Å². The predicted octanol–water partition coefficient (Wildman–Crippen LogP) is 8.51. The van der Waals surface area contributed by atoms with Crippen LogP contribution in [0.4, 0.5) is 35.1 Å². The van der Waals surface area contributed by atoms with E-state index in [1.54, 1.807) is 25.1 Å². The fourth-order valence-corrected chi connectivity index (χ4v) is 8.51. The first-order valence-corrected chi connectivity index (χ1v) is 21.7. The summed E-state index contributed by atoms with van der Waals surface area (Å²) < 4.78 is 140. The molecule has 8 bridgehead atoms. The van der Waals surface area contributed by atoms with Crippen LogP contribution in [0.25, 0.3) is 78.7 Å². The van der Waals surface area contributed by atoms with E-state index in [4.69, 9.17) is 9.47 Å². The first kappa shape index (κ1) is 49.3. The molecule has 0 saturated carbocycles. The lowest BCUT2D eigenvalue weighted by molar-refractivity contribution is 0.0259. The van der Waals surface area contributed by atoms with Crippen LogP contribution in [0.5, 0.6) is 17.2 Å². The van der Waals surface area contributed by atoms with Crippen LogP contribution < -0.4 is 9.47 Å². The van der Waals surface area contributed by atoms with Gasteiger partial charge in [0.15, 0.2) is 34.8 Å². The van der Waals surface area contributed by atoms with Gasteiger partial charge in [0.05, 0.1) is 47.1 Å². The average molecular weight is 1000 g/mol. The van der Waals surface area contributed by atoms with Gasteiger partial charge in [-0.05, 0) is 66.6 Å². The molecule has 0 spiro atoms. The third-order valence-electron chi connectivity index (χ3n) is 11.9. The minimum absolute atomic E-state index is 0.0200. The maximum Gasteiger partial charge on any atom is 0.204 e. The van der Waals surface area contributed by atoms with Crippen LogP contribution in [0.1, 0.15) is 40.5 Å². The number of nitrogens with zero attached hydrogens (tertiary/aromatic N) is 2. The van der Waals surface area contributed by atoms with Gasteiger partial charge in [-0.3, -0.25) is 4.98 Å². The lowest BCUT2D eigenvalue weighted by atomic mass is 9.96. The lowest BCUT2D eigenvalue weighted by Crippen LogP contribution is -2.22. The van der Waals surface area contributed by atoms with E-state index in [1.807, 2.05) is 0 Å². The topological polar surface area (TPSA) is 217 Å². The van der Waals surface area contributed by atoms with Gasteiger partial charge in [-0.25, -0.2) is 22.5 Å². The van der Waals surface area contributed by atoms with Crippen molar-refractivity contribution in [3.63, 3.8) is 0 Å². The van der Waals surface area contributed by atoms with E-state index in [0.717, 1.165) is 0 Å². The quantitative estimate of drug-likeness (QED) is 0.0418. The number of phenolic OH excluding ortho intramolecular Hbond substituents is 1. The summed E-state index contributed by atoms with van der Waals surface area (Å²) in [5, 5.41) is 72.5. The van der Waals surface area contributed by atoms with Crippen molar-refractivity contribution in [1.82, 2.24) is 19.9 Å². The second-order valence-electron chi connectivity index (χ2n) is 16.7. The summed E-state index contributed by atoms with van der Waals surface area (Å²) in [5.74, 6) is -19.8. The zero-order valence-corrected chi connectivity index (χ0v) is 37.1. The van der Waals surface area contributed by atoms with E-state index < -0.39 is 148 Å². The largest absolute Gasteiger partial charge is 0.508 e. The summed E-state index contributed by atoms with van der Waals surface area (Å²) in [6, 6.07) is 16.9. The highest BCUT2D eigenvalue weighted by atomic mass is 19.2. The Balaban J connectivity index is 1.47. The van der Waals surface area contributed by atoms with Gasteiger partial charge in [0.25, 0.3) is 0 Å². The molecule has 9 N–H and O–H groups in total. The number of rotatable bonds is 12. The number of benzene rings is 4. The van der Waals surface area contributed by atoms with Crippen molar-refractivity contribution >= 4 is 34.2 Å². The van der Waals surface area contributed by atoms with Gasteiger partial charge >= 0.3 is 0 Å². The van der Waals surface area contributed by atoms with Crippen molar-refractivity contribution in [2.75, 3.05) is 26.4 Å². The van der Waals surface area contributed by atoms with E-state index in [2.05, 4.69) is 19.9 Å². The number of aryl methyl sites for hydroxylation is 1. The number of aliphatic hydroxyl groups is 6. The van der Waals surface area contributed by atoms with Gasteiger partial charge in [-0.15, -0.1) is 0 Å². The van der Waals surface area contributed by atoms with Gasteiger partial charge in [0, 0.05) is 44.3 Å². The van der Waals surface area contributed by atoms with Crippen molar-refractivity contribution in [2.24, 2.45) is 0 Å². The number of hydrogen-bond acceptors (Lipinski definition) is 11. The predicted molar refractivity (Wildman–Crippen MR) is 245 cm³/mol. The molecular weight excluding hydrogens is 965 g/mol. The van der Waals surface area contributed by atoms with Crippen LogP contribution in [-0.4, -0.2) is 94.3 Å². The Bertz CT molecular complexity index is 3470. The number of phenols is 1. The number of aromatic nitrogens is 4. The fourth-order valence-electron chi connectivity index (χ4n) is 8.51. The number of halogens is 8. The first-order valence-electron chi connectivity index (χ1n) is 21.7. The zero-order chi connectivity index (χ0) is 51.4. The smallest absolute Gasteiger partial charge is 0.204 e. The highest BCUT2D eigenvalue weighted by Crippen LogP contribution is 2.47. The van der Waals surface area contributed by atoms with E-state index in [0.29, 0.717) is 5.56 Å². The van der Waals surface area contributed by atoms with Crippen LogP contribution in [0, 0.1) is 53.5 Å². The molecule has 0 saturated heterocycles. The van der Waals surface area contributed by atoms with E-state index in [-0.39, 0.29) is 55.9 Å². The summed E-state index contributed by atoms with van der Waals surface area (Å²) in [7, 11) is 0. The molecule has 7 aromatic rings. The second-order valence-corrected chi connectivity index (χ2v) is 16.7.